The number of aliphatic carboxylic acids is 2. The molecule has 1 heterocycles. The van der Waals surface area contributed by atoms with Crippen molar-refractivity contribution < 1.29 is 90.6 Å². The maximum absolute atomic E-state index is 11.7. The Balaban J connectivity index is -0.000000837. The fourth-order valence-corrected chi connectivity index (χ4v) is 8.99. The number of hydrogen-bond donors (Lipinski definition) is 3. The zero-order valence-electron chi connectivity index (χ0n) is 44.7. The summed E-state index contributed by atoms with van der Waals surface area (Å²) in [6, 6.07) is 0. The van der Waals surface area contributed by atoms with Crippen molar-refractivity contribution in [3.05, 3.63) is 0 Å². The maximum atomic E-state index is 11.7. The maximum Gasteiger partial charge on any atom is 0.316 e. The summed E-state index contributed by atoms with van der Waals surface area (Å²) in [6.45, 7) is 39.2. The SMILES string of the molecule is CC(C)(C)[Si](C)(C)OC(CC(=O)O)CC(=O)O.CC(C)(C)[Si](C)(C)OC1CC(=O)OC(=O)C1.CCOC(=O)CC(CC(=O)OCC)O[Si](C)(C)C(C)(C)C.CCOC(=O)CC(O)CC(=O)OCC. The summed E-state index contributed by atoms with van der Waals surface area (Å²) in [7, 11) is -6.10. The highest BCUT2D eigenvalue weighted by atomic mass is 28.4. The van der Waals surface area contributed by atoms with Crippen LogP contribution in [-0.4, -0.2) is 139 Å². The quantitative estimate of drug-likeness (QED) is 0.0400. The van der Waals surface area contributed by atoms with Gasteiger partial charge in [-0.15, -0.1) is 0 Å². The minimum Gasteiger partial charge on any atom is -0.481 e. The third-order valence-electron chi connectivity index (χ3n) is 11.4. The Hall–Kier alpha value is -3.55. The lowest BCUT2D eigenvalue weighted by atomic mass is 10.1. The van der Waals surface area contributed by atoms with Gasteiger partial charge in [0.2, 0.25) is 0 Å². The van der Waals surface area contributed by atoms with Gasteiger partial charge >= 0.3 is 47.8 Å². The van der Waals surface area contributed by atoms with E-state index in [1.54, 1.807) is 27.7 Å². The van der Waals surface area contributed by atoms with Crippen LogP contribution >= 0.6 is 0 Å². The minimum absolute atomic E-state index is 0.00850. The van der Waals surface area contributed by atoms with E-state index in [-0.39, 0.29) is 97.7 Å². The summed E-state index contributed by atoms with van der Waals surface area (Å²) in [5, 5.41) is 26.7. The van der Waals surface area contributed by atoms with Crippen LogP contribution in [-0.2, 0) is 75.3 Å². The number of carboxylic acids is 2. The molecule has 0 radical (unpaired) electrons. The van der Waals surface area contributed by atoms with Crippen LogP contribution < -0.4 is 0 Å². The van der Waals surface area contributed by atoms with Gasteiger partial charge < -0.3 is 52.3 Å². The van der Waals surface area contributed by atoms with E-state index in [1.807, 2.05) is 33.9 Å². The number of esters is 6. The molecule has 0 unspecified atom stereocenters. The minimum atomic E-state index is -2.13. The summed E-state index contributed by atoms with van der Waals surface area (Å²) in [5.41, 5.74) is 0. The molecule has 1 fully saturated rings. The Bertz CT molecular complexity index is 1520. The van der Waals surface area contributed by atoms with E-state index in [2.05, 4.69) is 81.9 Å². The van der Waals surface area contributed by atoms with Gasteiger partial charge in [0.15, 0.2) is 25.0 Å². The second-order valence-electron chi connectivity index (χ2n) is 20.6. The zero-order valence-corrected chi connectivity index (χ0v) is 47.7. The van der Waals surface area contributed by atoms with Gasteiger partial charge in [-0.1, -0.05) is 62.3 Å². The normalized spacial score (nSPS) is 13.8. The molecule has 0 bridgehead atoms. The molecule has 1 aliphatic heterocycles. The molecular formula is C46H88O19Si3. The zero-order chi connectivity index (χ0) is 54.1. The predicted octanol–water partition coefficient (Wildman–Crippen LogP) is 8.10. The Kier molecular flexibility index (Phi) is 32.0. The van der Waals surface area contributed by atoms with E-state index in [1.165, 1.54) is 0 Å². The Morgan fingerprint density at radius 2 is 0.779 bits per heavy atom. The van der Waals surface area contributed by atoms with E-state index in [4.69, 9.17) is 33.0 Å². The van der Waals surface area contributed by atoms with Crippen LogP contribution in [0.3, 0.4) is 0 Å². The van der Waals surface area contributed by atoms with Gasteiger partial charge in [-0.2, -0.15) is 0 Å². The lowest BCUT2D eigenvalue weighted by Crippen LogP contribution is -2.46. The van der Waals surface area contributed by atoms with E-state index in [0.29, 0.717) is 13.2 Å². The van der Waals surface area contributed by atoms with Crippen LogP contribution in [0, 0.1) is 0 Å². The summed E-state index contributed by atoms with van der Waals surface area (Å²) < 4.78 is 41.6. The number of ether oxygens (including phenoxy) is 5. The van der Waals surface area contributed by atoms with E-state index < -0.39 is 79.1 Å². The number of aliphatic hydroxyl groups is 1. The van der Waals surface area contributed by atoms with Crippen molar-refractivity contribution in [1.29, 1.82) is 0 Å². The van der Waals surface area contributed by atoms with Gasteiger partial charge in [-0.05, 0) is 82.1 Å². The van der Waals surface area contributed by atoms with Crippen LogP contribution in [0.15, 0.2) is 0 Å². The van der Waals surface area contributed by atoms with Crippen LogP contribution in [0.25, 0.3) is 0 Å². The third-order valence-corrected chi connectivity index (χ3v) is 25.0. The number of carbonyl (C=O) groups is 8. The number of rotatable bonds is 22. The van der Waals surface area contributed by atoms with Gasteiger partial charge in [-0.3, -0.25) is 38.4 Å². The first-order chi connectivity index (χ1) is 30.7. The first-order valence-corrected chi connectivity index (χ1v) is 31.9. The van der Waals surface area contributed by atoms with Crippen molar-refractivity contribution in [1.82, 2.24) is 0 Å². The van der Waals surface area contributed by atoms with Crippen molar-refractivity contribution in [2.75, 3.05) is 26.4 Å². The molecule has 19 nitrogen and oxygen atoms in total. The summed E-state index contributed by atoms with van der Waals surface area (Å²) in [6.07, 6.45) is -2.87. The molecule has 68 heavy (non-hydrogen) atoms. The van der Waals surface area contributed by atoms with Gasteiger partial charge in [-0.25, -0.2) is 0 Å². The molecule has 0 atom stereocenters. The van der Waals surface area contributed by atoms with Crippen molar-refractivity contribution in [3.8, 4) is 0 Å². The molecule has 0 aliphatic carbocycles. The Labute approximate surface area is 408 Å². The van der Waals surface area contributed by atoms with Crippen LogP contribution in [0.2, 0.25) is 54.4 Å². The molecule has 3 N–H and O–H groups in total. The molecule has 1 rings (SSSR count). The van der Waals surface area contributed by atoms with Crippen molar-refractivity contribution in [2.45, 2.75) is 220 Å². The monoisotopic (exact) mass is 1030 g/mol. The molecular weight excluding hydrogens is 941 g/mol. The summed E-state index contributed by atoms with van der Waals surface area (Å²) in [4.78, 5) is 88.7. The van der Waals surface area contributed by atoms with Crippen LogP contribution in [0.1, 0.15) is 141 Å². The lowest BCUT2D eigenvalue weighted by molar-refractivity contribution is -0.167. The number of cyclic esters (lactones) is 2. The average Bonchev–Trinajstić information content (AvgIpc) is 3.09. The van der Waals surface area contributed by atoms with Gasteiger partial charge in [0.1, 0.15) is 0 Å². The second-order valence-corrected chi connectivity index (χ2v) is 34.9. The second kappa shape index (κ2) is 31.6. The average molecular weight is 1030 g/mol. The van der Waals surface area contributed by atoms with Gasteiger partial charge in [0, 0.05) is 0 Å². The number of aliphatic hydroxyl groups excluding tert-OH is 1. The van der Waals surface area contributed by atoms with Crippen LogP contribution in [0.5, 0.6) is 0 Å². The Morgan fingerprint density at radius 3 is 1.03 bits per heavy atom. The van der Waals surface area contributed by atoms with Crippen molar-refractivity contribution in [2.24, 2.45) is 0 Å². The fraction of sp³-hybridized carbons (Fsp3) is 0.826. The molecule has 0 amide bonds. The fourth-order valence-electron chi connectivity index (χ4n) is 4.93. The van der Waals surface area contributed by atoms with Gasteiger partial charge in [0.05, 0.1) is 102 Å². The highest BCUT2D eigenvalue weighted by molar-refractivity contribution is 6.75. The van der Waals surface area contributed by atoms with E-state index in [9.17, 15) is 43.5 Å². The molecule has 0 saturated carbocycles. The molecule has 0 aromatic carbocycles. The largest absolute Gasteiger partial charge is 0.481 e. The predicted molar refractivity (Wildman–Crippen MR) is 262 cm³/mol. The lowest BCUT2D eigenvalue weighted by Gasteiger charge is -2.39. The van der Waals surface area contributed by atoms with Crippen molar-refractivity contribution >= 4 is 72.7 Å². The van der Waals surface area contributed by atoms with E-state index >= 15 is 0 Å². The smallest absolute Gasteiger partial charge is 0.316 e. The van der Waals surface area contributed by atoms with Gasteiger partial charge in [0.25, 0.3) is 0 Å². The van der Waals surface area contributed by atoms with E-state index in [0.717, 1.165) is 0 Å². The third kappa shape index (κ3) is 31.6. The summed E-state index contributed by atoms with van der Waals surface area (Å²) >= 11 is 0. The topological polar surface area (TPSA) is 271 Å². The highest BCUT2D eigenvalue weighted by Gasteiger charge is 2.43. The molecule has 1 saturated heterocycles. The van der Waals surface area contributed by atoms with Crippen LogP contribution in [0.4, 0.5) is 0 Å². The molecule has 0 aromatic heterocycles. The molecule has 0 spiro atoms. The standard InChI is InChI=1S/C15H30O5Si.C11H22O5Si.C11H20O4Si.C9H16O5/c1-8-18-13(16)10-12(11-14(17)19-9-2)20-21(6,7)15(3,4)5;1-11(2,3)17(4,5)16-8(6-9(12)13)7-10(14)15;1-11(2,3)16(4,5)15-8-6-9(12)14-10(13)7-8;1-3-13-8(11)5-7(10)6-9(12)14-4-2/h12H,8-11H2,1-7H3;8H,6-7H2,1-5H3,(H,12,13)(H,14,15);8H,6-7H2,1-5H3;7,10H,3-6H2,1-2H3. The molecule has 398 valence electrons. The Morgan fingerprint density at radius 1 is 0.515 bits per heavy atom. The first-order valence-electron chi connectivity index (χ1n) is 23.2. The highest BCUT2D eigenvalue weighted by Crippen LogP contribution is 2.40. The first kappa shape index (κ1) is 68.7. The number of carbonyl (C=O) groups excluding carboxylic acids is 6. The molecule has 22 heteroatoms. The molecule has 1 aliphatic rings. The number of hydrogen-bond acceptors (Lipinski definition) is 17. The summed E-state index contributed by atoms with van der Waals surface area (Å²) in [5.74, 6) is -4.71. The van der Waals surface area contributed by atoms with Crippen molar-refractivity contribution in [3.63, 3.8) is 0 Å². The number of carboxylic acid groups (broad SMARTS) is 2. The molecule has 0 aromatic rings.